The molecule has 0 aliphatic heterocycles. The van der Waals surface area contributed by atoms with Crippen LogP contribution in [0.5, 0.6) is 0 Å². The van der Waals surface area contributed by atoms with Gasteiger partial charge in [0.15, 0.2) is 6.10 Å². The second-order valence-electron chi connectivity index (χ2n) is 21.3. The number of carbonyl (C=O) groups is 3. The number of rotatable bonds is 58. The first-order valence-electron chi connectivity index (χ1n) is 32.4. The van der Waals surface area contributed by atoms with Crippen molar-refractivity contribution in [3.8, 4) is 0 Å². The smallest absolute Gasteiger partial charge is 0.306 e. The largest absolute Gasteiger partial charge is 0.462 e. The molecule has 0 spiro atoms. The van der Waals surface area contributed by atoms with Gasteiger partial charge in [0.25, 0.3) is 0 Å². The molecule has 0 amide bonds. The number of unbranched alkanes of at least 4 members (excludes halogenated alkanes) is 29. The van der Waals surface area contributed by atoms with E-state index in [4.69, 9.17) is 14.2 Å². The summed E-state index contributed by atoms with van der Waals surface area (Å²) in [5.74, 6) is -0.890. The summed E-state index contributed by atoms with van der Waals surface area (Å²) in [6.45, 7) is 6.50. The molecule has 0 fully saturated rings. The minimum absolute atomic E-state index is 0.0814. The molecule has 0 aromatic heterocycles. The first-order valence-corrected chi connectivity index (χ1v) is 32.4. The van der Waals surface area contributed by atoms with Crippen molar-refractivity contribution >= 4 is 17.9 Å². The number of carbonyl (C=O) groups excluding carboxylic acids is 3. The summed E-state index contributed by atoms with van der Waals surface area (Å²) in [4.78, 5) is 38.3. The van der Waals surface area contributed by atoms with Crippen molar-refractivity contribution in [2.24, 2.45) is 0 Å². The SMILES string of the molecule is CC/C=C\C/C=C\C/C=C\C/C=C\C/C=C\C/C=C\C/C=C\CCCCCCCCCC(=O)OCC(COC(=O)CCCCCCCCCCCCC)OC(=O)CCCCCCCCCCC/C=C\C/C=C\CCCCC. The summed E-state index contributed by atoms with van der Waals surface area (Å²) < 4.78 is 16.9. The van der Waals surface area contributed by atoms with E-state index in [1.807, 2.05) is 0 Å². The number of hydrogen-bond acceptors (Lipinski definition) is 6. The van der Waals surface area contributed by atoms with Crippen LogP contribution in [0, 0.1) is 0 Å². The maximum Gasteiger partial charge on any atom is 0.306 e. The summed E-state index contributed by atoms with van der Waals surface area (Å²) in [6, 6.07) is 0. The maximum absolute atomic E-state index is 12.9. The Morgan fingerprint density at radius 2 is 0.506 bits per heavy atom. The molecule has 1 unspecified atom stereocenters. The third-order valence-electron chi connectivity index (χ3n) is 13.8. The summed E-state index contributed by atoms with van der Waals surface area (Å²) >= 11 is 0. The van der Waals surface area contributed by atoms with E-state index in [1.54, 1.807) is 0 Å². The molecule has 1 atom stereocenters. The van der Waals surface area contributed by atoms with Crippen LogP contribution >= 0.6 is 0 Å². The molecule has 6 heteroatoms. The van der Waals surface area contributed by atoms with Crippen LogP contribution in [-0.2, 0) is 28.6 Å². The molecule has 0 heterocycles. The van der Waals surface area contributed by atoms with E-state index in [0.29, 0.717) is 19.3 Å². The predicted molar refractivity (Wildman–Crippen MR) is 334 cm³/mol. The second-order valence-corrected chi connectivity index (χ2v) is 21.3. The van der Waals surface area contributed by atoms with Gasteiger partial charge in [0.05, 0.1) is 0 Å². The molecule has 0 saturated heterocycles. The summed E-state index contributed by atoms with van der Waals surface area (Å²) in [5, 5.41) is 0. The molecule has 0 N–H and O–H groups in total. The zero-order valence-electron chi connectivity index (χ0n) is 50.4. The van der Waals surface area contributed by atoms with Gasteiger partial charge in [0.2, 0.25) is 0 Å². The summed E-state index contributed by atoms with van der Waals surface area (Å²) in [5.41, 5.74) is 0. The van der Waals surface area contributed by atoms with E-state index >= 15 is 0 Å². The van der Waals surface area contributed by atoms with E-state index in [9.17, 15) is 14.4 Å². The normalized spacial score (nSPS) is 12.8. The maximum atomic E-state index is 12.9. The molecule has 0 saturated carbocycles. The van der Waals surface area contributed by atoms with Crippen molar-refractivity contribution < 1.29 is 28.6 Å². The zero-order valence-corrected chi connectivity index (χ0v) is 50.4. The Labute approximate surface area is 476 Å². The highest BCUT2D eigenvalue weighted by Gasteiger charge is 2.19. The van der Waals surface area contributed by atoms with Gasteiger partial charge in [-0.05, 0) is 109 Å². The van der Waals surface area contributed by atoms with Gasteiger partial charge in [-0.2, -0.15) is 0 Å². The Kier molecular flexibility index (Phi) is 61.3. The second kappa shape index (κ2) is 64.6. The van der Waals surface area contributed by atoms with Crippen molar-refractivity contribution in [1.82, 2.24) is 0 Å². The van der Waals surface area contributed by atoms with Crippen molar-refractivity contribution in [3.05, 3.63) is 109 Å². The Morgan fingerprint density at radius 3 is 0.818 bits per heavy atom. The van der Waals surface area contributed by atoms with E-state index in [2.05, 4.69) is 130 Å². The van der Waals surface area contributed by atoms with E-state index in [0.717, 1.165) is 116 Å². The van der Waals surface area contributed by atoms with Crippen LogP contribution in [0.3, 0.4) is 0 Å². The minimum Gasteiger partial charge on any atom is -0.462 e. The van der Waals surface area contributed by atoms with Crippen LogP contribution in [0.1, 0.15) is 303 Å². The summed E-state index contributed by atoms with van der Waals surface area (Å²) in [7, 11) is 0. The van der Waals surface area contributed by atoms with Gasteiger partial charge in [-0.15, -0.1) is 0 Å². The molecule has 440 valence electrons. The number of hydrogen-bond donors (Lipinski definition) is 0. The molecule has 0 aliphatic carbocycles. The Hall–Kier alpha value is -3.93. The van der Waals surface area contributed by atoms with Crippen LogP contribution in [0.25, 0.3) is 0 Å². The average Bonchev–Trinajstić information content (AvgIpc) is 3.43. The number of esters is 3. The van der Waals surface area contributed by atoms with Gasteiger partial charge < -0.3 is 14.2 Å². The van der Waals surface area contributed by atoms with Gasteiger partial charge in [-0.1, -0.05) is 284 Å². The van der Waals surface area contributed by atoms with Crippen molar-refractivity contribution in [1.29, 1.82) is 0 Å². The fourth-order valence-corrected chi connectivity index (χ4v) is 8.92. The van der Waals surface area contributed by atoms with Crippen LogP contribution in [-0.4, -0.2) is 37.2 Å². The molecule has 0 bridgehead atoms. The molecule has 0 rings (SSSR count). The minimum atomic E-state index is -0.785. The van der Waals surface area contributed by atoms with Crippen molar-refractivity contribution in [2.75, 3.05) is 13.2 Å². The zero-order chi connectivity index (χ0) is 55.7. The highest BCUT2D eigenvalue weighted by atomic mass is 16.6. The fourth-order valence-electron chi connectivity index (χ4n) is 8.92. The topological polar surface area (TPSA) is 78.9 Å². The van der Waals surface area contributed by atoms with Crippen molar-refractivity contribution in [2.45, 2.75) is 309 Å². The Bertz CT molecular complexity index is 1560. The lowest BCUT2D eigenvalue weighted by molar-refractivity contribution is -0.167. The van der Waals surface area contributed by atoms with Gasteiger partial charge in [-0.25, -0.2) is 0 Å². The molecular formula is C71H120O6. The lowest BCUT2D eigenvalue weighted by Crippen LogP contribution is -2.30. The van der Waals surface area contributed by atoms with Gasteiger partial charge in [0.1, 0.15) is 13.2 Å². The fraction of sp³-hybridized carbons (Fsp3) is 0.704. The molecule has 0 aromatic carbocycles. The third kappa shape index (κ3) is 62.8. The third-order valence-corrected chi connectivity index (χ3v) is 13.8. The van der Waals surface area contributed by atoms with Gasteiger partial charge >= 0.3 is 17.9 Å². The standard InChI is InChI=1S/C71H120O6/c1-4-7-10-13-16-19-22-24-26-28-30-31-32-33-34-35-36-37-38-39-41-42-44-46-49-52-55-58-61-64-70(73)76-67-68(66-75-69(72)63-60-57-54-51-48-21-18-15-12-9-6-3)77-71(74)65-62-59-56-53-50-47-45-43-40-29-27-25-23-20-17-14-11-8-5-2/h7,10,16-17,19-20,24-27,30-31,33-34,36-37,39,41,68H,4-6,8-9,11-15,18,21-23,28-29,32,35,38,40,42-67H2,1-3H3/b10-7-,19-16-,20-17-,26-24-,27-25-,31-30-,34-33-,37-36-,41-39-. The first-order chi connectivity index (χ1) is 38.0. The van der Waals surface area contributed by atoms with Crippen LogP contribution in [0.2, 0.25) is 0 Å². The predicted octanol–water partition coefficient (Wildman–Crippen LogP) is 22.2. The van der Waals surface area contributed by atoms with E-state index in [1.165, 1.54) is 148 Å². The van der Waals surface area contributed by atoms with Crippen molar-refractivity contribution in [3.63, 3.8) is 0 Å². The molecule has 0 aliphatic rings. The van der Waals surface area contributed by atoms with Crippen LogP contribution < -0.4 is 0 Å². The molecular weight excluding hydrogens is 949 g/mol. The average molecular weight is 1070 g/mol. The van der Waals surface area contributed by atoms with Gasteiger partial charge in [-0.3, -0.25) is 14.4 Å². The molecule has 0 aromatic rings. The number of ether oxygens (including phenoxy) is 3. The highest BCUT2D eigenvalue weighted by Crippen LogP contribution is 2.16. The lowest BCUT2D eigenvalue weighted by Gasteiger charge is -2.18. The monoisotopic (exact) mass is 1070 g/mol. The van der Waals surface area contributed by atoms with Crippen LogP contribution in [0.15, 0.2) is 109 Å². The quantitative estimate of drug-likeness (QED) is 0.0261. The molecule has 77 heavy (non-hydrogen) atoms. The first kappa shape index (κ1) is 73.1. The highest BCUT2D eigenvalue weighted by molar-refractivity contribution is 5.71. The van der Waals surface area contributed by atoms with E-state index < -0.39 is 6.10 Å². The number of allylic oxidation sites excluding steroid dienone is 18. The van der Waals surface area contributed by atoms with Gasteiger partial charge in [0, 0.05) is 19.3 Å². The summed E-state index contributed by atoms with van der Waals surface area (Å²) in [6.07, 6.45) is 88.0. The van der Waals surface area contributed by atoms with Crippen LogP contribution in [0.4, 0.5) is 0 Å². The lowest BCUT2D eigenvalue weighted by atomic mass is 10.1. The molecule has 0 radical (unpaired) electrons. The Balaban J connectivity index is 4.30. The van der Waals surface area contributed by atoms with E-state index in [-0.39, 0.29) is 31.1 Å². The Morgan fingerprint density at radius 1 is 0.273 bits per heavy atom. The molecule has 6 nitrogen and oxygen atoms in total.